The first-order chi connectivity index (χ1) is 11.2. The molecule has 4 heteroatoms. The summed E-state index contributed by atoms with van der Waals surface area (Å²) in [4.78, 5) is 12.7. The number of nitrogens with zero attached hydrogens (tertiary/aromatic N) is 1. The molecule has 1 N–H and O–H groups in total. The Balaban J connectivity index is 1.72. The SMILES string of the molecule is C[C@@H](c1ccccc1)n1c(C(=O)NCC2CC2)cc2sccc21. The molecule has 1 aliphatic rings. The first-order valence-corrected chi connectivity index (χ1v) is 9.03. The fourth-order valence-corrected chi connectivity index (χ4v) is 3.88. The van der Waals surface area contributed by atoms with Gasteiger partial charge in [-0.1, -0.05) is 30.3 Å². The van der Waals surface area contributed by atoms with Gasteiger partial charge in [-0.05, 0) is 48.8 Å². The van der Waals surface area contributed by atoms with E-state index >= 15 is 0 Å². The number of hydrogen-bond acceptors (Lipinski definition) is 2. The van der Waals surface area contributed by atoms with E-state index in [9.17, 15) is 4.79 Å². The Labute approximate surface area is 139 Å². The summed E-state index contributed by atoms with van der Waals surface area (Å²) in [6.45, 7) is 2.96. The lowest BCUT2D eigenvalue weighted by Crippen LogP contribution is -2.28. The van der Waals surface area contributed by atoms with E-state index in [1.165, 1.54) is 23.1 Å². The molecule has 2 heterocycles. The molecule has 2 aromatic heterocycles. The van der Waals surface area contributed by atoms with Crippen molar-refractivity contribution in [3.8, 4) is 0 Å². The van der Waals surface area contributed by atoms with Crippen LogP contribution in [-0.2, 0) is 0 Å². The lowest BCUT2D eigenvalue weighted by Gasteiger charge is -2.19. The van der Waals surface area contributed by atoms with Gasteiger partial charge in [-0.25, -0.2) is 0 Å². The molecule has 1 aliphatic carbocycles. The molecule has 1 fully saturated rings. The van der Waals surface area contributed by atoms with Crippen molar-refractivity contribution < 1.29 is 4.79 Å². The molecule has 0 bridgehead atoms. The number of thiophene rings is 1. The average molecular weight is 324 g/mol. The normalized spacial score (nSPS) is 15.7. The van der Waals surface area contributed by atoms with E-state index in [1.54, 1.807) is 11.3 Å². The number of hydrogen-bond donors (Lipinski definition) is 1. The average Bonchev–Trinajstić information content (AvgIpc) is 3.18. The summed E-state index contributed by atoms with van der Waals surface area (Å²) in [5.74, 6) is 0.734. The molecule has 0 aliphatic heterocycles. The van der Waals surface area contributed by atoms with E-state index in [2.05, 4.69) is 40.4 Å². The summed E-state index contributed by atoms with van der Waals surface area (Å²) in [7, 11) is 0. The van der Waals surface area contributed by atoms with Gasteiger partial charge in [0, 0.05) is 6.54 Å². The van der Waals surface area contributed by atoms with E-state index in [-0.39, 0.29) is 11.9 Å². The Hall–Kier alpha value is -2.07. The molecule has 4 rings (SSSR count). The van der Waals surface area contributed by atoms with Crippen LogP contribution in [0.25, 0.3) is 10.2 Å². The third-order valence-corrected chi connectivity index (χ3v) is 5.46. The minimum absolute atomic E-state index is 0.0445. The van der Waals surface area contributed by atoms with Gasteiger partial charge in [0.25, 0.3) is 5.91 Å². The Morgan fingerprint density at radius 2 is 2.09 bits per heavy atom. The Kier molecular flexibility index (Phi) is 3.69. The van der Waals surface area contributed by atoms with Crippen LogP contribution < -0.4 is 5.32 Å². The lowest BCUT2D eigenvalue weighted by atomic mass is 10.1. The van der Waals surface area contributed by atoms with Gasteiger partial charge in [0.2, 0.25) is 0 Å². The van der Waals surface area contributed by atoms with Gasteiger partial charge in [0.05, 0.1) is 16.3 Å². The van der Waals surface area contributed by atoms with E-state index < -0.39 is 0 Å². The number of carbonyl (C=O) groups excluding carboxylic acids is 1. The topological polar surface area (TPSA) is 34.0 Å². The number of nitrogens with one attached hydrogen (secondary N) is 1. The third kappa shape index (κ3) is 2.79. The zero-order chi connectivity index (χ0) is 15.8. The van der Waals surface area contributed by atoms with Crippen molar-refractivity contribution in [1.82, 2.24) is 9.88 Å². The number of fused-ring (bicyclic) bond motifs is 1. The van der Waals surface area contributed by atoms with Gasteiger partial charge in [0.1, 0.15) is 5.69 Å². The first kappa shape index (κ1) is 14.5. The first-order valence-electron chi connectivity index (χ1n) is 8.15. The molecule has 1 aromatic carbocycles. The number of aromatic nitrogens is 1. The van der Waals surface area contributed by atoms with Crippen molar-refractivity contribution in [3.63, 3.8) is 0 Å². The summed E-state index contributed by atoms with van der Waals surface area (Å²) in [5, 5.41) is 5.19. The Morgan fingerprint density at radius 1 is 1.30 bits per heavy atom. The largest absolute Gasteiger partial charge is 0.350 e. The van der Waals surface area contributed by atoms with Gasteiger partial charge in [0.15, 0.2) is 0 Å². The summed E-state index contributed by atoms with van der Waals surface area (Å²) < 4.78 is 3.34. The van der Waals surface area contributed by atoms with Crippen molar-refractivity contribution in [2.24, 2.45) is 5.92 Å². The van der Waals surface area contributed by atoms with Crippen LogP contribution in [0.4, 0.5) is 0 Å². The second-order valence-electron chi connectivity index (χ2n) is 6.31. The Bertz CT molecular complexity index is 830. The molecule has 3 aromatic rings. The van der Waals surface area contributed by atoms with Gasteiger partial charge >= 0.3 is 0 Å². The molecular weight excluding hydrogens is 304 g/mol. The maximum atomic E-state index is 12.7. The molecule has 0 saturated heterocycles. The molecule has 0 unspecified atom stereocenters. The summed E-state index contributed by atoms with van der Waals surface area (Å²) in [5.41, 5.74) is 3.12. The van der Waals surface area contributed by atoms with Crippen molar-refractivity contribution in [2.45, 2.75) is 25.8 Å². The number of carbonyl (C=O) groups is 1. The smallest absolute Gasteiger partial charge is 0.268 e. The second-order valence-corrected chi connectivity index (χ2v) is 7.26. The Morgan fingerprint density at radius 3 is 2.83 bits per heavy atom. The van der Waals surface area contributed by atoms with Gasteiger partial charge in [-0.15, -0.1) is 11.3 Å². The maximum Gasteiger partial charge on any atom is 0.268 e. The molecule has 1 amide bonds. The molecule has 0 radical (unpaired) electrons. The minimum atomic E-state index is 0.0445. The van der Waals surface area contributed by atoms with Crippen LogP contribution in [0.5, 0.6) is 0 Å². The van der Waals surface area contributed by atoms with Crippen LogP contribution in [-0.4, -0.2) is 17.0 Å². The van der Waals surface area contributed by atoms with Crippen LogP contribution >= 0.6 is 11.3 Å². The van der Waals surface area contributed by atoms with Crippen molar-refractivity contribution in [2.75, 3.05) is 6.54 Å². The standard InChI is InChI=1S/C19H20N2OS/c1-13(15-5-3-2-4-6-15)21-16-9-10-23-18(16)11-17(21)19(22)20-12-14-7-8-14/h2-6,9-11,13-14H,7-8,12H2,1H3,(H,20,22)/t13-/m0/s1. The lowest BCUT2D eigenvalue weighted by molar-refractivity contribution is 0.0942. The second kappa shape index (κ2) is 5.85. The van der Waals surface area contributed by atoms with Crippen LogP contribution in [0, 0.1) is 5.92 Å². The van der Waals surface area contributed by atoms with Gasteiger partial charge in [-0.3, -0.25) is 4.79 Å². The molecule has 118 valence electrons. The molecule has 23 heavy (non-hydrogen) atoms. The predicted octanol–water partition coefficient (Wildman–Crippen LogP) is 4.45. The quantitative estimate of drug-likeness (QED) is 0.739. The van der Waals surface area contributed by atoms with Crippen LogP contribution in [0.1, 0.15) is 41.9 Å². The fraction of sp³-hybridized carbons (Fsp3) is 0.316. The maximum absolute atomic E-state index is 12.7. The summed E-state index contributed by atoms with van der Waals surface area (Å²) in [6.07, 6.45) is 2.49. The zero-order valence-electron chi connectivity index (χ0n) is 13.2. The highest BCUT2D eigenvalue weighted by molar-refractivity contribution is 7.17. The van der Waals surface area contributed by atoms with E-state index in [4.69, 9.17) is 0 Å². The molecular formula is C19H20N2OS. The van der Waals surface area contributed by atoms with Crippen LogP contribution in [0.2, 0.25) is 0 Å². The summed E-state index contributed by atoms with van der Waals surface area (Å²) >= 11 is 1.69. The minimum Gasteiger partial charge on any atom is -0.350 e. The van der Waals surface area contributed by atoms with Crippen LogP contribution in [0.3, 0.4) is 0 Å². The predicted molar refractivity (Wildman–Crippen MR) is 95.1 cm³/mol. The highest BCUT2D eigenvalue weighted by Gasteiger charge is 2.24. The number of amides is 1. The van der Waals surface area contributed by atoms with Crippen molar-refractivity contribution in [3.05, 3.63) is 59.1 Å². The molecule has 1 saturated carbocycles. The van der Waals surface area contributed by atoms with Gasteiger partial charge < -0.3 is 9.88 Å². The number of benzene rings is 1. The van der Waals surface area contributed by atoms with E-state index in [1.807, 2.05) is 24.3 Å². The summed E-state index contributed by atoms with van der Waals surface area (Å²) in [6, 6.07) is 14.6. The van der Waals surface area contributed by atoms with Crippen molar-refractivity contribution in [1.29, 1.82) is 0 Å². The highest BCUT2D eigenvalue weighted by Crippen LogP contribution is 2.32. The highest BCUT2D eigenvalue weighted by atomic mass is 32.1. The third-order valence-electron chi connectivity index (χ3n) is 4.61. The fourth-order valence-electron chi connectivity index (χ4n) is 3.07. The monoisotopic (exact) mass is 324 g/mol. The molecule has 0 spiro atoms. The van der Waals surface area contributed by atoms with E-state index in [0.717, 1.165) is 17.8 Å². The van der Waals surface area contributed by atoms with Gasteiger partial charge in [-0.2, -0.15) is 0 Å². The van der Waals surface area contributed by atoms with E-state index in [0.29, 0.717) is 5.92 Å². The molecule has 3 nitrogen and oxygen atoms in total. The molecule has 1 atom stereocenters. The van der Waals surface area contributed by atoms with Crippen LogP contribution in [0.15, 0.2) is 47.8 Å². The zero-order valence-corrected chi connectivity index (χ0v) is 14.0. The van der Waals surface area contributed by atoms with Crippen molar-refractivity contribution >= 4 is 27.5 Å². The number of rotatable bonds is 5.